The summed E-state index contributed by atoms with van der Waals surface area (Å²) in [5, 5.41) is 12.6. The van der Waals surface area contributed by atoms with Crippen molar-refractivity contribution in [1.29, 1.82) is 0 Å². The first kappa shape index (κ1) is 10.8. The van der Waals surface area contributed by atoms with E-state index in [9.17, 15) is 9.18 Å². The van der Waals surface area contributed by atoms with Gasteiger partial charge in [0.05, 0.1) is 5.56 Å². The van der Waals surface area contributed by atoms with Crippen molar-refractivity contribution in [2.45, 2.75) is 6.92 Å². The molecule has 0 fully saturated rings. The Kier molecular flexibility index (Phi) is 2.75. The monoisotopic (exact) mass is 236 g/mol. The Balaban J connectivity index is 2.59. The number of carbonyl (C=O) groups is 1. The number of thiophene rings is 1. The summed E-state index contributed by atoms with van der Waals surface area (Å²) in [7, 11) is 0. The third kappa shape index (κ3) is 1.84. The van der Waals surface area contributed by atoms with Crippen LogP contribution in [0.25, 0.3) is 11.1 Å². The predicted molar refractivity (Wildman–Crippen MR) is 61.4 cm³/mol. The molecule has 4 heteroatoms. The van der Waals surface area contributed by atoms with Crippen LogP contribution >= 0.6 is 11.3 Å². The summed E-state index contributed by atoms with van der Waals surface area (Å²) >= 11 is 1.52. The van der Waals surface area contributed by atoms with E-state index in [1.807, 2.05) is 16.8 Å². The van der Waals surface area contributed by atoms with Crippen molar-refractivity contribution in [1.82, 2.24) is 0 Å². The first-order chi connectivity index (χ1) is 7.59. The van der Waals surface area contributed by atoms with Crippen LogP contribution in [0.1, 0.15) is 15.9 Å². The molecule has 2 aromatic rings. The van der Waals surface area contributed by atoms with Crippen LogP contribution in [0.2, 0.25) is 0 Å². The van der Waals surface area contributed by atoms with Crippen LogP contribution < -0.4 is 0 Å². The highest BCUT2D eigenvalue weighted by Crippen LogP contribution is 2.27. The smallest absolute Gasteiger partial charge is 0.338 e. The van der Waals surface area contributed by atoms with Crippen LogP contribution in [0.3, 0.4) is 0 Å². The molecule has 82 valence electrons. The fourth-order valence-corrected chi connectivity index (χ4v) is 2.23. The fourth-order valence-electron chi connectivity index (χ4n) is 1.57. The van der Waals surface area contributed by atoms with E-state index >= 15 is 0 Å². The summed E-state index contributed by atoms with van der Waals surface area (Å²) in [5.41, 5.74) is 2.13. The van der Waals surface area contributed by atoms with Gasteiger partial charge in [-0.05, 0) is 52.6 Å². The lowest BCUT2D eigenvalue weighted by molar-refractivity contribution is 0.0692. The first-order valence-electron chi connectivity index (χ1n) is 4.65. The van der Waals surface area contributed by atoms with Gasteiger partial charge in [0.25, 0.3) is 0 Å². The summed E-state index contributed by atoms with van der Waals surface area (Å²) in [6.45, 7) is 1.78. The van der Waals surface area contributed by atoms with Gasteiger partial charge in [0.2, 0.25) is 0 Å². The summed E-state index contributed by atoms with van der Waals surface area (Å²) in [6.07, 6.45) is 0. The van der Waals surface area contributed by atoms with E-state index in [0.717, 1.165) is 16.7 Å². The van der Waals surface area contributed by atoms with Gasteiger partial charge in [-0.3, -0.25) is 0 Å². The van der Waals surface area contributed by atoms with Gasteiger partial charge in [-0.2, -0.15) is 11.3 Å². The molecule has 1 N–H and O–H groups in total. The summed E-state index contributed by atoms with van der Waals surface area (Å²) in [4.78, 5) is 10.7. The number of halogens is 1. The number of hydrogen-bond acceptors (Lipinski definition) is 2. The third-order valence-corrected chi connectivity index (χ3v) is 3.06. The van der Waals surface area contributed by atoms with Crippen LogP contribution in [-0.2, 0) is 0 Å². The third-order valence-electron chi connectivity index (χ3n) is 2.38. The van der Waals surface area contributed by atoms with Gasteiger partial charge in [0, 0.05) is 0 Å². The standard InChI is InChI=1S/C12H9FO2S/c1-7-4-10(12(14)15)11(13)5-9(7)8-2-3-16-6-8/h2-6H,1H3,(H,14,15). The van der Waals surface area contributed by atoms with Crippen molar-refractivity contribution in [2.24, 2.45) is 0 Å². The number of carboxylic acids is 1. The van der Waals surface area contributed by atoms with Crippen molar-refractivity contribution < 1.29 is 14.3 Å². The van der Waals surface area contributed by atoms with E-state index in [4.69, 9.17) is 5.11 Å². The van der Waals surface area contributed by atoms with E-state index in [1.54, 1.807) is 6.92 Å². The van der Waals surface area contributed by atoms with E-state index in [-0.39, 0.29) is 5.56 Å². The molecule has 0 radical (unpaired) electrons. The van der Waals surface area contributed by atoms with E-state index in [1.165, 1.54) is 23.5 Å². The number of carboxylic acid groups (broad SMARTS) is 1. The van der Waals surface area contributed by atoms with E-state index in [2.05, 4.69) is 0 Å². The highest BCUT2D eigenvalue weighted by molar-refractivity contribution is 7.08. The highest BCUT2D eigenvalue weighted by Gasteiger charge is 2.13. The van der Waals surface area contributed by atoms with Crippen LogP contribution in [0, 0.1) is 12.7 Å². The first-order valence-corrected chi connectivity index (χ1v) is 5.60. The lowest BCUT2D eigenvalue weighted by atomic mass is 10.00. The van der Waals surface area contributed by atoms with Crippen LogP contribution in [0.5, 0.6) is 0 Å². The van der Waals surface area contributed by atoms with Crippen molar-refractivity contribution in [3.63, 3.8) is 0 Å². The molecular formula is C12H9FO2S. The number of aryl methyl sites for hydroxylation is 1. The Bertz CT molecular complexity index is 532. The predicted octanol–water partition coefficient (Wildman–Crippen LogP) is 3.56. The largest absolute Gasteiger partial charge is 0.478 e. The molecule has 16 heavy (non-hydrogen) atoms. The SMILES string of the molecule is Cc1cc(C(=O)O)c(F)cc1-c1ccsc1. The molecule has 0 aliphatic carbocycles. The minimum absolute atomic E-state index is 0.281. The minimum Gasteiger partial charge on any atom is -0.478 e. The van der Waals surface area contributed by atoms with Crippen molar-refractivity contribution in [2.75, 3.05) is 0 Å². The zero-order chi connectivity index (χ0) is 11.7. The molecule has 2 rings (SSSR count). The summed E-state index contributed by atoms with van der Waals surface area (Å²) in [6, 6.07) is 4.53. The highest BCUT2D eigenvalue weighted by atomic mass is 32.1. The number of aromatic carboxylic acids is 1. The number of rotatable bonds is 2. The average molecular weight is 236 g/mol. The normalized spacial score (nSPS) is 10.4. The second-order valence-corrected chi connectivity index (χ2v) is 4.24. The fraction of sp³-hybridized carbons (Fsp3) is 0.0833. The van der Waals surface area contributed by atoms with Crippen molar-refractivity contribution in [3.05, 3.63) is 45.9 Å². The molecule has 0 saturated carbocycles. The van der Waals surface area contributed by atoms with Crippen LogP contribution in [0.15, 0.2) is 29.0 Å². The second kappa shape index (κ2) is 4.06. The zero-order valence-corrected chi connectivity index (χ0v) is 9.34. The van der Waals surface area contributed by atoms with Gasteiger partial charge in [0.1, 0.15) is 5.82 Å². The molecule has 0 unspecified atom stereocenters. The summed E-state index contributed by atoms with van der Waals surface area (Å²) < 4.78 is 13.5. The van der Waals surface area contributed by atoms with Crippen molar-refractivity contribution in [3.8, 4) is 11.1 Å². The molecule has 0 bridgehead atoms. The van der Waals surface area contributed by atoms with Gasteiger partial charge in [-0.1, -0.05) is 0 Å². The maximum Gasteiger partial charge on any atom is 0.338 e. The lowest BCUT2D eigenvalue weighted by Gasteiger charge is -2.06. The molecule has 0 atom stereocenters. The number of benzene rings is 1. The molecule has 0 aliphatic heterocycles. The van der Waals surface area contributed by atoms with Gasteiger partial charge in [-0.25, -0.2) is 9.18 Å². The van der Waals surface area contributed by atoms with Crippen LogP contribution in [0.4, 0.5) is 4.39 Å². The summed E-state index contributed by atoms with van der Waals surface area (Å²) in [5.74, 6) is -1.93. The number of hydrogen-bond donors (Lipinski definition) is 1. The molecular weight excluding hydrogens is 227 g/mol. The molecule has 1 aromatic heterocycles. The molecule has 1 aromatic carbocycles. The Hall–Kier alpha value is -1.68. The molecule has 2 nitrogen and oxygen atoms in total. The maximum absolute atomic E-state index is 13.5. The van der Waals surface area contributed by atoms with Crippen LogP contribution in [-0.4, -0.2) is 11.1 Å². The quantitative estimate of drug-likeness (QED) is 0.865. The molecule has 1 heterocycles. The minimum atomic E-state index is -1.24. The van der Waals surface area contributed by atoms with Gasteiger partial charge in [-0.15, -0.1) is 0 Å². The average Bonchev–Trinajstić information content (AvgIpc) is 2.73. The maximum atomic E-state index is 13.5. The molecule has 0 saturated heterocycles. The van der Waals surface area contributed by atoms with Crippen molar-refractivity contribution >= 4 is 17.3 Å². The van der Waals surface area contributed by atoms with E-state index < -0.39 is 11.8 Å². The Morgan fingerprint density at radius 2 is 2.19 bits per heavy atom. The Labute approximate surface area is 96.0 Å². The molecule has 0 aliphatic rings. The Morgan fingerprint density at radius 1 is 1.44 bits per heavy atom. The topological polar surface area (TPSA) is 37.3 Å². The van der Waals surface area contributed by atoms with Gasteiger partial charge in [0.15, 0.2) is 0 Å². The Morgan fingerprint density at radius 3 is 2.75 bits per heavy atom. The lowest BCUT2D eigenvalue weighted by Crippen LogP contribution is -2.01. The molecule has 0 amide bonds. The zero-order valence-electron chi connectivity index (χ0n) is 8.53. The second-order valence-electron chi connectivity index (χ2n) is 3.46. The van der Waals surface area contributed by atoms with Gasteiger partial charge < -0.3 is 5.11 Å². The van der Waals surface area contributed by atoms with E-state index in [0.29, 0.717) is 0 Å². The molecule has 0 spiro atoms. The van der Waals surface area contributed by atoms with Gasteiger partial charge >= 0.3 is 5.97 Å².